The van der Waals surface area contributed by atoms with Crippen molar-refractivity contribution >= 4 is 21.6 Å². The zero-order valence-corrected chi connectivity index (χ0v) is 20.4. The summed E-state index contributed by atoms with van der Waals surface area (Å²) in [5.41, 5.74) is 2.39. The van der Waals surface area contributed by atoms with Crippen LogP contribution in [-0.4, -0.2) is 32.7 Å². The van der Waals surface area contributed by atoms with E-state index in [4.69, 9.17) is 4.74 Å². The average Bonchev–Trinajstić information content (AvgIpc) is 2.77. The number of benzene rings is 2. The second-order valence-electron chi connectivity index (χ2n) is 9.43. The third-order valence-electron chi connectivity index (χ3n) is 6.85. The monoisotopic (exact) mass is 470 g/mol. The minimum atomic E-state index is -3.44. The number of fused-ring (bicyclic) bond motifs is 1. The first-order valence-corrected chi connectivity index (χ1v) is 13.7. The van der Waals surface area contributed by atoms with E-state index < -0.39 is 10.0 Å². The number of ether oxygens (including phenoxy) is 1. The number of aryl methyl sites for hydroxylation is 1. The standard InChI is InChI=1S/C26H34N2O4S/c1-20-11-4-6-13-23(20)28(33(2,30)31)18-10-15-25(29)27-22-19-26(16-8-3-9-17-26)32-24-14-7-5-12-21(22)24/h4-7,11-14,22H,3,8-10,15-19H2,1-2H3,(H,27,29)/t22-/m1/s1. The van der Waals surface area contributed by atoms with E-state index in [-0.39, 0.29) is 30.5 Å². The van der Waals surface area contributed by atoms with Crippen molar-refractivity contribution in [3.63, 3.8) is 0 Å². The molecule has 1 aliphatic carbocycles. The van der Waals surface area contributed by atoms with Crippen molar-refractivity contribution in [2.75, 3.05) is 17.1 Å². The zero-order valence-electron chi connectivity index (χ0n) is 19.5. The van der Waals surface area contributed by atoms with Gasteiger partial charge in [0.25, 0.3) is 0 Å². The molecule has 1 amide bonds. The number of carbonyl (C=O) groups excluding carboxylic acids is 1. The number of carbonyl (C=O) groups is 1. The number of sulfonamides is 1. The summed E-state index contributed by atoms with van der Waals surface area (Å²) in [5, 5.41) is 3.22. The second kappa shape index (κ2) is 9.75. The van der Waals surface area contributed by atoms with Crippen LogP contribution in [0.3, 0.4) is 0 Å². The smallest absolute Gasteiger partial charge is 0.232 e. The maximum Gasteiger partial charge on any atom is 0.232 e. The number of nitrogens with one attached hydrogen (secondary N) is 1. The quantitative estimate of drug-likeness (QED) is 0.626. The fraction of sp³-hybridized carbons (Fsp3) is 0.500. The van der Waals surface area contributed by atoms with Crippen LogP contribution in [0.25, 0.3) is 0 Å². The molecular weight excluding hydrogens is 436 g/mol. The molecule has 1 fully saturated rings. The molecule has 0 bridgehead atoms. The molecule has 1 heterocycles. The first kappa shape index (κ1) is 23.6. The van der Waals surface area contributed by atoms with Gasteiger partial charge in [0.2, 0.25) is 15.9 Å². The van der Waals surface area contributed by atoms with Crippen molar-refractivity contribution in [1.82, 2.24) is 5.32 Å². The van der Waals surface area contributed by atoms with Crippen molar-refractivity contribution in [3.8, 4) is 5.75 Å². The van der Waals surface area contributed by atoms with Gasteiger partial charge >= 0.3 is 0 Å². The molecule has 1 saturated carbocycles. The number of hydrogen-bond acceptors (Lipinski definition) is 4. The van der Waals surface area contributed by atoms with Gasteiger partial charge in [-0.25, -0.2) is 8.42 Å². The minimum Gasteiger partial charge on any atom is -0.487 e. The van der Waals surface area contributed by atoms with Crippen LogP contribution in [0.2, 0.25) is 0 Å². The minimum absolute atomic E-state index is 0.0547. The molecule has 2 aliphatic rings. The van der Waals surface area contributed by atoms with E-state index in [1.54, 1.807) is 6.07 Å². The van der Waals surface area contributed by atoms with E-state index in [1.165, 1.54) is 17.0 Å². The Hall–Kier alpha value is -2.54. The Balaban J connectivity index is 1.41. The lowest BCUT2D eigenvalue weighted by atomic mass is 9.77. The average molecular weight is 471 g/mol. The lowest BCUT2D eigenvalue weighted by molar-refractivity contribution is -0.122. The van der Waals surface area contributed by atoms with Crippen LogP contribution in [0, 0.1) is 6.92 Å². The summed E-state index contributed by atoms with van der Waals surface area (Å²) in [6, 6.07) is 15.3. The molecule has 7 heteroatoms. The van der Waals surface area contributed by atoms with E-state index in [9.17, 15) is 13.2 Å². The van der Waals surface area contributed by atoms with Gasteiger partial charge in [-0.3, -0.25) is 9.10 Å². The Morgan fingerprint density at radius 1 is 1.09 bits per heavy atom. The second-order valence-corrected chi connectivity index (χ2v) is 11.3. The third kappa shape index (κ3) is 5.52. The SMILES string of the molecule is Cc1ccccc1N(CCCC(=O)N[C@@H]1CC2(CCCCC2)Oc2ccccc21)S(C)(=O)=O. The lowest BCUT2D eigenvalue weighted by Gasteiger charge is -2.44. The van der Waals surface area contributed by atoms with Gasteiger partial charge in [0.15, 0.2) is 0 Å². The predicted octanol–water partition coefficient (Wildman–Crippen LogP) is 4.88. The van der Waals surface area contributed by atoms with E-state index in [0.29, 0.717) is 12.1 Å². The molecule has 6 nitrogen and oxygen atoms in total. The molecule has 4 rings (SSSR count). The molecular formula is C26H34N2O4S. The summed E-state index contributed by atoms with van der Waals surface area (Å²) in [7, 11) is -3.44. The van der Waals surface area contributed by atoms with Gasteiger partial charge in [0, 0.05) is 24.9 Å². The van der Waals surface area contributed by atoms with Gasteiger partial charge in [-0.05, 0) is 56.7 Å². The van der Waals surface area contributed by atoms with Crippen LogP contribution in [0.4, 0.5) is 5.69 Å². The summed E-state index contributed by atoms with van der Waals surface area (Å²) in [5.74, 6) is 0.819. The summed E-state index contributed by atoms with van der Waals surface area (Å²) in [6.07, 6.45) is 8.30. The molecule has 2 aromatic rings. The molecule has 178 valence electrons. The molecule has 1 spiro atoms. The number of amides is 1. The Labute approximate surface area is 197 Å². The van der Waals surface area contributed by atoms with E-state index in [2.05, 4.69) is 5.32 Å². The van der Waals surface area contributed by atoms with Crippen molar-refractivity contribution in [3.05, 3.63) is 59.7 Å². The number of rotatable bonds is 7. The maximum absolute atomic E-state index is 12.9. The molecule has 0 saturated heterocycles. The Bertz CT molecular complexity index is 1090. The van der Waals surface area contributed by atoms with Gasteiger partial charge in [-0.15, -0.1) is 0 Å². The summed E-state index contributed by atoms with van der Waals surface area (Å²) >= 11 is 0. The van der Waals surface area contributed by atoms with Gasteiger partial charge in [-0.2, -0.15) is 0 Å². The van der Waals surface area contributed by atoms with E-state index >= 15 is 0 Å². The van der Waals surface area contributed by atoms with Gasteiger partial charge in [0.1, 0.15) is 11.4 Å². The fourth-order valence-corrected chi connectivity index (χ4v) is 6.23. The highest BCUT2D eigenvalue weighted by atomic mass is 32.2. The molecule has 0 unspecified atom stereocenters. The van der Waals surface area contributed by atoms with Crippen molar-refractivity contribution in [2.45, 2.75) is 69.9 Å². The third-order valence-corrected chi connectivity index (χ3v) is 8.03. The molecule has 2 aromatic carbocycles. The number of para-hydroxylation sites is 2. The van der Waals surface area contributed by atoms with Crippen molar-refractivity contribution in [2.24, 2.45) is 0 Å². The highest BCUT2D eigenvalue weighted by Crippen LogP contribution is 2.46. The normalized spacial score (nSPS) is 19.4. The lowest BCUT2D eigenvalue weighted by Crippen LogP contribution is -2.46. The highest BCUT2D eigenvalue weighted by molar-refractivity contribution is 7.92. The van der Waals surface area contributed by atoms with Gasteiger partial charge in [-0.1, -0.05) is 42.8 Å². The number of nitrogens with zero attached hydrogens (tertiary/aromatic N) is 1. The summed E-state index contributed by atoms with van der Waals surface area (Å²) in [6.45, 7) is 2.16. The highest BCUT2D eigenvalue weighted by Gasteiger charge is 2.42. The van der Waals surface area contributed by atoms with Crippen LogP contribution in [-0.2, 0) is 14.8 Å². The van der Waals surface area contributed by atoms with Crippen LogP contribution in [0.5, 0.6) is 5.75 Å². The van der Waals surface area contributed by atoms with E-state index in [0.717, 1.165) is 49.0 Å². The Morgan fingerprint density at radius 2 is 1.79 bits per heavy atom. The first-order valence-electron chi connectivity index (χ1n) is 11.9. The Kier molecular flexibility index (Phi) is 6.98. The Morgan fingerprint density at radius 3 is 2.52 bits per heavy atom. The van der Waals surface area contributed by atoms with Crippen LogP contribution in [0.1, 0.15) is 68.5 Å². The van der Waals surface area contributed by atoms with Crippen LogP contribution in [0.15, 0.2) is 48.5 Å². The van der Waals surface area contributed by atoms with E-state index in [1.807, 2.05) is 49.4 Å². The molecule has 1 aliphatic heterocycles. The van der Waals surface area contributed by atoms with Gasteiger partial charge < -0.3 is 10.1 Å². The topological polar surface area (TPSA) is 75.7 Å². The van der Waals surface area contributed by atoms with Crippen LogP contribution < -0.4 is 14.4 Å². The number of anilines is 1. The van der Waals surface area contributed by atoms with Crippen molar-refractivity contribution in [1.29, 1.82) is 0 Å². The first-order chi connectivity index (χ1) is 15.8. The molecule has 1 N–H and O–H groups in total. The zero-order chi connectivity index (χ0) is 23.5. The fourth-order valence-electron chi connectivity index (χ4n) is 5.21. The van der Waals surface area contributed by atoms with Crippen molar-refractivity contribution < 1.29 is 17.9 Å². The number of hydrogen-bond donors (Lipinski definition) is 1. The van der Waals surface area contributed by atoms with Gasteiger partial charge in [0.05, 0.1) is 18.0 Å². The molecule has 0 aromatic heterocycles. The molecule has 1 atom stereocenters. The summed E-state index contributed by atoms with van der Waals surface area (Å²) in [4.78, 5) is 12.9. The summed E-state index contributed by atoms with van der Waals surface area (Å²) < 4.78 is 32.7. The maximum atomic E-state index is 12.9. The predicted molar refractivity (Wildman–Crippen MR) is 131 cm³/mol. The largest absolute Gasteiger partial charge is 0.487 e. The molecule has 0 radical (unpaired) electrons. The molecule has 33 heavy (non-hydrogen) atoms. The van der Waals surface area contributed by atoms with Crippen LogP contribution >= 0.6 is 0 Å².